The summed E-state index contributed by atoms with van der Waals surface area (Å²) in [6.07, 6.45) is 7.50. The zero-order valence-corrected chi connectivity index (χ0v) is 13.6. The van der Waals surface area contributed by atoms with Crippen molar-refractivity contribution in [3.8, 4) is 0 Å². The molecule has 0 aliphatic carbocycles. The predicted molar refractivity (Wildman–Crippen MR) is 84.4 cm³/mol. The van der Waals surface area contributed by atoms with E-state index in [1.807, 2.05) is 0 Å². The summed E-state index contributed by atoms with van der Waals surface area (Å²) in [4.78, 5) is 0. The molecule has 0 amide bonds. The van der Waals surface area contributed by atoms with E-state index in [0.717, 1.165) is 38.6 Å². The second kappa shape index (κ2) is 11.7. The van der Waals surface area contributed by atoms with Gasteiger partial charge in [0.2, 0.25) is 0 Å². The van der Waals surface area contributed by atoms with E-state index in [2.05, 4.69) is 26.1 Å². The molecule has 0 fully saturated rings. The molecule has 0 heterocycles. The van der Waals surface area contributed by atoms with Gasteiger partial charge in [0, 0.05) is 20.3 Å². The Bertz CT molecular complexity index is 189. The molecule has 0 bridgehead atoms. The highest BCUT2D eigenvalue weighted by molar-refractivity contribution is 4.71. The van der Waals surface area contributed by atoms with Crippen LogP contribution in [0, 0.1) is 11.3 Å². The van der Waals surface area contributed by atoms with Gasteiger partial charge in [-0.3, -0.25) is 0 Å². The summed E-state index contributed by atoms with van der Waals surface area (Å²) in [6.45, 7) is 10.7. The topological polar surface area (TPSA) is 47.3 Å². The van der Waals surface area contributed by atoms with Crippen LogP contribution < -0.4 is 11.1 Å². The van der Waals surface area contributed by atoms with Crippen LogP contribution in [0.4, 0.5) is 0 Å². The molecule has 0 aromatic rings. The minimum absolute atomic E-state index is 0.329. The summed E-state index contributed by atoms with van der Waals surface area (Å²) in [5.74, 6) is 0.832. The SMILES string of the molecule is CCCC(CCN)CCCNCC(C)(C)CCOC. The molecule has 19 heavy (non-hydrogen) atoms. The lowest BCUT2D eigenvalue weighted by molar-refractivity contribution is 0.150. The zero-order chi connectivity index (χ0) is 14.6. The smallest absolute Gasteiger partial charge is 0.0467 e. The van der Waals surface area contributed by atoms with Gasteiger partial charge in [-0.15, -0.1) is 0 Å². The van der Waals surface area contributed by atoms with E-state index < -0.39 is 0 Å². The molecule has 0 saturated carbocycles. The van der Waals surface area contributed by atoms with Crippen LogP contribution >= 0.6 is 0 Å². The fraction of sp³-hybridized carbons (Fsp3) is 1.00. The Balaban J connectivity index is 3.61. The zero-order valence-electron chi connectivity index (χ0n) is 13.6. The number of methoxy groups -OCH3 is 1. The molecule has 0 aromatic heterocycles. The molecule has 0 aliphatic heterocycles. The van der Waals surface area contributed by atoms with Crippen molar-refractivity contribution in [2.45, 2.75) is 59.3 Å². The van der Waals surface area contributed by atoms with Crippen LogP contribution in [-0.2, 0) is 4.74 Å². The van der Waals surface area contributed by atoms with Crippen LogP contribution in [0.15, 0.2) is 0 Å². The number of hydrogen-bond donors (Lipinski definition) is 2. The summed E-state index contributed by atoms with van der Waals surface area (Å²) < 4.78 is 5.15. The normalized spacial score (nSPS) is 13.7. The standard InChI is InChI=1S/C16H36N2O/c1-5-7-15(9-11-17)8-6-12-18-14-16(2,3)10-13-19-4/h15,18H,5-14,17H2,1-4H3. The fourth-order valence-corrected chi connectivity index (χ4v) is 2.49. The Labute approximate surface area is 120 Å². The van der Waals surface area contributed by atoms with Gasteiger partial charge in [0.15, 0.2) is 0 Å². The summed E-state index contributed by atoms with van der Waals surface area (Å²) in [7, 11) is 1.77. The highest BCUT2D eigenvalue weighted by Gasteiger charge is 2.16. The van der Waals surface area contributed by atoms with Crippen molar-refractivity contribution in [3.05, 3.63) is 0 Å². The fourth-order valence-electron chi connectivity index (χ4n) is 2.49. The van der Waals surface area contributed by atoms with E-state index in [0.29, 0.717) is 5.41 Å². The predicted octanol–water partition coefficient (Wildman–Crippen LogP) is 3.18. The Morgan fingerprint density at radius 3 is 2.53 bits per heavy atom. The van der Waals surface area contributed by atoms with Crippen molar-refractivity contribution in [2.75, 3.05) is 33.4 Å². The minimum Gasteiger partial charge on any atom is -0.385 e. The average Bonchev–Trinajstić information content (AvgIpc) is 2.36. The van der Waals surface area contributed by atoms with Crippen molar-refractivity contribution in [3.63, 3.8) is 0 Å². The second-order valence-corrected chi connectivity index (χ2v) is 6.46. The highest BCUT2D eigenvalue weighted by Crippen LogP contribution is 2.19. The molecule has 0 spiro atoms. The lowest BCUT2D eigenvalue weighted by atomic mass is 9.89. The maximum atomic E-state index is 5.67. The molecule has 3 N–H and O–H groups in total. The van der Waals surface area contributed by atoms with Gasteiger partial charge in [0.05, 0.1) is 0 Å². The van der Waals surface area contributed by atoms with Crippen molar-refractivity contribution in [2.24, 2.45) is 17.1 Å². The van der Waals surface area contributed by atoms with Crippen LogP contribution in [0.2, 0.25) is 0 Å². The second-order valence-electron chi connectivity index (χ2n) is 6.46. The van der Waals surface area contributed by atoms with Gasteiger partial charge in [-0.05, 0) is 50.1 Å². The van der Waals surface area contributed by atoms with Gasteiger partial charge in [-0.25, -0.2) is 0 Å². The minimum atomic E-state index is 0.329. The van der Waals surface area contributed by atoms with E-state index in [-0.39, 0.29) is 0 Å². The van der Waals surface area contributed by atoms with Crippen LogP contribution in [0.3, 0.4) is 0 Å². The Kier molecular flexibility index (Phi) is 11.6. The van der Waals surface area contributed by atoms with E-state index in [1.54, 1.807) is 7.11 Å². The highest BCUT2D eigenvalue weighted by atomic mass is 16.5. The van der Waals surface area contributed by atoms with E-state index in [9.17, 15) is 0 Å². The first-order chi connectivity index (χ1) is 9.05. The molecule has 116 valence electrons. The molecule has 0 saturated heterocycles. The monoisotopic (exact) mass is 272 g/mol. The molecule has 3 heteroatoms. The van der Waals surface area contributed by atoms with Gasteiger partial charge in [0.1, 0.15) is 0 Å². The van der Waals surface area contributed by atoms with Crippen molar-refractivity contribution < 1.29 is 4.74 Å². The number of nitrogens with two attached hydrogens (primary N) is 1. The third-order valence-electron chi connectivity index (χ3n) is 3.82. The first-order valence-corrected chi connectivity index (χ1v) is 7.95. The third-order valence-corrected chi connectivity index (χ3v) is 3.82. The van der Waals surface area contributed by atoms with E-state index in [4.69, 9.17) is 10.5 Å². The van der Waals surface area contributed by atoms with Gasteiger partial charge >= 0.3 is 0 Å². The number of ether oxygens (including phenoxy) is 1. The molecule has 0 aromatic carbocycles. The maximum Gasteiger partial charge on any atom is 0.0467 e. The Morgan fingerprint density at radius 1 is 1.21 bits per heavy atom. The molecule has 1 unspecified atom stereocenters. The summed E-state index contributed by atoms with van der Waals surface area (Å²) >= 11 is 0. The molecule has 1 atom stereocenters. The lowest BCUT2D eigenvalue weighted by Crippen LogP contribution is -2.31. The van der Waals surface area contributed by atoms with Crippen LogP contribution in [0.25, 0.3) is 0 Å². The average molecular weight is 272 g/mol. The van der Waals surface area contributed by atoms with Gasteiger partial charge in [0.25, 0.3) is 0 Å². The van der Waals surface area contributed by atoms with E-state index >= 15 is 0 Å². The van der Waals surface area contributed by atoms with Crippen molar-refractivity contribution in [1.29, 1.82) is 0 Å². The van der Waals surface area contributed by atoms with Gasteiger partial charge in [-0.2, -0.15) is 0 Å². The van der Waals surface area contributed by atoms with Gasteiger partial charge in [-0.1, -0.05) is 33.6 Å². The van der Waals surface area contributed by atoms with Crippen LogP contribution in [-0.4, -0.2) is 33.4 Å². The lowest BCUT2D eigenvalue weighted by Gasteiger charge is -2.25. The largest absolute Gasteiger partial charge is 0.385 e. The summed E-state index contributed by atoms with van der Waals surface area (Å²) in [5.41, 5.74) is 6.00. The molecule has 0 aliphatic rings. The molecular formula is C16H36N2O. The van der Waals surface area contributed by atoms with Crippen LogP contribution in [0.1, 0.15) is 59.3 Å². The number of nitrogens with one attached hydrogen (secondary N) is 1. The first-order valence-electron chi connectivity index (χ1n) is 7.95. The van der Waals surface area contributed by atoms with Crippen LogP contribution in [0.5, 0.6) is 0 Å². The third kappa shape index (κ3) is 11.4. The molecular weight excluding hydrogens is 236 g/mol. The van der Waals surface area contributed by atoms with E-state index in [1.165, 1.54) is 32.1 Å². The number of rotatable bonds is 13. The molecule has 3 nitrogen and oxygen atoms in total. The van der Waals surface area contributed by atoms with Crippen molar-refractivity contribution in [1.82, 2.24) is 5.32 Å². The quantitative estimate of drug-likeness (QED) is 0.506. The maximum absolute atomic E-state index is 5.67. The van der Waals surface area contributed by atoms with Crippen molar-refractivity contribution >= 4 is 0 Å². The summed E-state index contributed by atoms with van der Waals surface area (Å²) in [6, 6.07) is 0. The molecule has 0 radical (unpaired) electrons. The number of hydrogen-bond acceptors (Lipinski definition) is 3. The molecule has 0 rings (SSSR count). The Morgan fingerprint density at radius 2 is 1.95 bits per heavy atom. The first kappa shape index (κ1) is 18.9. The summed E-state index contributed by atoms with van der Waals surface area (Å²) in [5, 5.41) is 3.59. The van der Waals surface area contributed by atoms with Gasteiger partial charge < -0.3 is 15.8 Å². The Hall–Kier alpha value is -0.120.